The predicted octanol–water partition coefficient (Wildman–Crippen LogP) is 0.502. The lowest BCUT2D eigenvalue weighted by Gasteiger charge is -2.04. The number of hydrogen-bond donors (Lipinski definition) is 3. The summed E-state index contributed by atoms with van der Waals surface area (Å²) >= 11 is 0. The lowest BCUT2D eigenvalue weighted by atomic mass is 10.1. The Morgan fingerprint density at radius 3 is 3.00 bits per heavy atom. The minimum atomic E-state index is -0.224. The zero-order chi connectivity index (χ0) is 13.0. The molecule has 6 heteroatoms. The number of aromatic nitrogens is 3. The molecule has 1 heterocycles. The molecule has 6 nitrogen and oxygen atoms in total. The summed E-state index contributed by atoms with van der Waals surface area (Å²) < 4.78 is 0. The van der Waals surface area contributed by atoms with E-state index in [4.69, 9.17) is 5.11 Å². The summed E-state index contributed by atoms with van der Waals surface area (Å²) in [4.78, 5) is 15.9. The fourth-order valence-electron chi connectivity index (χ4n) is 1.54. The second kappa shape index (κ2) is 5.42. The van der Waals surface area contributed by atoms with Gasteiger partial charge in [-0.15, -0.1) is 0 Å². The summed E-state index contributed by atoms with van der Waals surface area (Å²) in [5.74, 6) is 1.06. The molecule has 2 rings (SSSR count). The maximum absolute atomic E-state index is 11.7. The molecule has 1 aromatic heterocycles. The Balaban J connectivity index is 2.22. The molecule has 0 radical (unpaired) electrons. The first-order valence-electron chi connectivity index (χ1n) is 5.59. The van der Waals surface area contributed by atoms with Crippen molar-refractivity contribution in [3.05, 3.63) is 35.7 Å². The Bertz CT molecular complexity index is 551. The van der Waals surface area contributed by atoms with Gasteiger partial charge in [0, 0.05) is 17.7 Å². The van der Waals surface area contributed by atoms with E-state index in [0.29, 0.717) is 11.4 Å². The number of aliphatic hydroxyl groups is 1. The van der Waals surface area contributed by atoms with Crippen LogP contribution in [0.1, 0.15) is 16.2 Å². The maximum Gasteiger partial charge on any atom is 0.251 e. The minimum absolute atomic E-state index is 0.0778. The Kier molecular flexibility index (Phi) is 3.69. The number of aryl methyl sites for hydroxylation is 1. The first-order chi connectivity index (χ1) is 8.70. The normalized spacial score (nSPS) is 10.3. The second-order valence-corrected chi connectivity index (χ2v) is 3.80. The van der Waals surface area contributed by atoms with E-state index in [1.165, 1.54) is 0 Å². The van der Waals surface area contributed by atoms with Crippen LogP contribution in [0.5, 0.6) is 0 Å². The number of aromatic amines is 1. The van der Waals surface area contributed by atoms with Crippen LogP contribution in [0, 0.1) is 6.92 Å². The topological polar surface area (TPSA) is 90.9 Å². The van der Waals surface area contributed by atoms with Gasteiger partial charge in [-0.25, -0.2) is 4.98 Å². The molecule has 0 aliphatic rings. The molecule has 0 fully saturated rings. The van der Waals surface area contributed by atoms with Gasteiger partial charge >= 0.3 is 0 Å². The molecular weight excluding hydrogens is 232 g/mol. The molecule has 0 saturated carbocycles. The average molecular weight is 246 g/mol. The highest BCUT2D eigenvalue weighted by Crippen LogP contribution is 2.16. The zero-order valence-electron chi connectivity index (χ0n) is 9.97. The van der Waals surface area contributed by atoms with Crippen molar-refractivity contribution in [3.63, 3.8) is 0 Å². The van der Waals surface area contributed by atoms with E-state index in [0.717, 1.165) is 11.4 Å². The van der Waals surface area contributed by atoms with Crippen LogP contribution in [0.2, 0.25) is 0 Å². The first-order valence-corrected chi connectivity index (χ1v) is 5.59. The molecule has 1 aromatic carbocycles. The molecule has 0 saturated heterocycles. The molecule has 0 atom stereocenters. The van der Waals surface area contributed by atoms with Crippen LogP contribution in [0.3, 0.4) is 0 Å². The summed E-state index contributed by atoms with van der Waals surface area (Å²) in [6.45, 7) is 1.97. The quantitative estimate of drug-likeness (QED) is 0.732. The molecule has 0 spiro atoms. The summed E-state index contributed by atoms with van der Waals surface area (Å²) in [7, 11) is 0. The SMILES string of the molecule is Cc1nc(-c2cccc(C(=O)NCCO)c2)n[nH]1. The van der Waals surface area contributed by atoms with Gasteiger partial charge in [0.25, 0.3) is 5.91 Å². The van der Waals surface area contributed by atoms with Crippen molar-refractivity contribution in [2.75, 3.05) is 13.2 Å². The number of carbonyl (C=O) groups is 1. The van der Waals surface area contributed by atoms with E-state index in [1.54, 1.807) is 18.2 Å². The molecule has 0 bridgehead atoms. The Labute approximate surface area is 104 Å². The summed E-state index contributed by atoms with van der Waals surface area (Å²) in [5, 5.41) is 18.0. The number of nitrogens with one attached hydrogen (secondary N) is 2. The van der Waals surface area contributed by atoms with Crippen molar-refractivity contribution in [1.82, 2.24) is 20.5 Å². The molecule has 0 aliphatic carbocycles. The van der Waals surface area contributed by atoms with E-state index in [1.807, 2.05) is 13.0 Å². The van der Waals surface area contributed by atoms with Crippen molar-refractivity contribution in [2.45, 2.75) is 6.92 Å². The van der Waals surface area contributed by atoms with Crippen LogP contribution in [0.25, 0.3) is 11.4 Å². The van der Waals surface area contributed by atoms with Crippen molar-refractivity contribution < 1.29 is 9.90 Å². The largest absolute Gasteiger partial charge is 0.395 e. The van der Waals surface area contributed by atoms with Crippen molar-refractivity contribution in [1.29, 1.82) is 0 Å². The van der Waals surface area contributed by atoms with Gasteiger partial charge in [0.2, 0.25) is 0 Å². The number of amides is 1. The lowest BCUT2D eigenvalue weighted by Crippen LogP contribution is -2.26. The molecule has 0 unspecified atom stereocenters. The Morgan fingerprint density at radius 2 is 2.33 bits per heavy atom. The fraction of sp³-hybridized carbons (Fsp3) is 0.250. The van der Waals surface area contributed by atoms with Gasteiger partial charge in [0.15, 0.2) is 5.82 Å². The van der Waals surface area contributed by atoms with Gasteiger partial charge in [-0.05, 0) is 19.1 Å². The van der Waals surface area contributed by atoms with Gasteiger partial charge in [0.1, 0.15) is 5.82 Å². The van der Waals surface area contributed by atoms with Crippen LogP contribution in [-0.4, -0.2) is 39.3 Å². The lowest BCUT2D eigenvalue weighted by molar-refractivity contribution is 0.0945. The minimum Gasteiger partial charge on any atom is -0.395 e. The number of rotatable bonds is 4. The van der Waals surface area contributed by atoms with Crippen molar-refractivity contribution >= 4 is 5.91 Å². The van der Waals surface area contributed by atoms with E-state index in [9.17, 15) is 4.79 Å². The molecule has 94 valence electrons. The average Bonchev–Trinajstić information content (AvgIpc) is 2.83. The highest BCUT2D eigenvalue weighted by atomic mass is 16.3. The Morgan fingerprint density at radius 1 is 1.50 bits per heavy atom. The summed E-state index contributed by atoms with van der Waals surface area (Å²) in [6.07, 6.45) is 0. The van der Waals surface area contributed by atoms with E-state index >= 15 is 0 Å². The van der Waals surface area contributed by atoms with Crippen molar-refractivity contribution in [2.24, 2.45) is 0 Å². The number of nitrogens with zero attached hydrogens (tertiary/aromatic N) is 2. The monoisotopic (exact) mass is 246 g/mol. The van der Waals surface area contributed by atoms with E-state index in [-0.39, 0.29) is 19.1 Å². The molecule has 0 aliphatic heterocycles. The third-order valence-corrected chi connectivity index (χ3v) is 2.38. The predicted molar refractivity (Wildman–Crippen MR) is 66.0 cm³/mol. The summed E-state index contributed by atoms with van der Waals surface area (Å²) in [5.41, 5.74) is 1.29. The van der Waals surface area contributed by atoms with E-state index in [2.05, 4.69) is 20.5 Å². The Hall–Kier alpha value is -2.21. The molecule has 3 N–H and O–H groups in total. The maximum atomic E-state index is 11.7. The van der Waals surface area contributed by atoms with Crippen LogP contribution < -0.4 is 5.32 Å². The second-order valence-electron chi connectivity index (χ2n) is 3.80. The molecule has 2 aromatic rings. The smallest absolute Gasteiger partial charge is 0.251 e. The molecular formula is C12H14N4O2. The van der Waals surface area contributed by atoms with Crippen molar-refractivity contribution in [3.8, 4) is 11.4 Å². The number of H-pyrrole nitrogens is 1. The third kappa shape index (κ3) is 2.72. The zero-order valence-corrected chi connectivity index (χ0v) is 9.97. The standard InChI is InChI=1S/C12H14N4O2/c1-8-14-11(16-15-8)9-3-2-4-10(7-9)12(18)13-5-6-17/h2-4,7,17H,5-6H2,1H3,(H,13,18)(H,14,15,16). The van der Waals surface area contributed by atoms with Gasteiger partial charge < -0.3 is 10.4 Å². The number of aliphatic hydroxyl groups excluding tert-OH is 1. The molecule has 1 amide bonds. The number of carbonyl (C=O) groups excluding carboxylic acids is 1. The summed E-state index contributed by atoms with van der Waals surface area (Å²) in [6, 6.07) is 7.03. The third-order valence-electron chi connectivity index (χ3n) is 2.38. The number of hydrogen-bond acceptors (Lipinski definition) is 4. The fourth-order valence-corrected chi connectivity index (χ4v) is 1.54. The van der Waals surface area contributed by atoms with Gasteiger partial charge in [0.05, 0.1) is 6.61 Å². The number of benzene rings is 1. The van der Waals surface area contributed by atoms with E-state index < -0.39 is 0 Å². The van der Waals surface area contributed by atoms with Crippen LogP contribution in [-0.2, 0) is 0 Å². The van der Waals surface area contributed by atoms with Crippen LogP contribution in [0.4, 0.5) is 0 Å². The van der Waals surface area contributed by atoms with Gasteiger partial charge in [-0.2, -0.15) is 5.10 Å². The van der Waals surface area contributed by atoms with Gasteiger partial charge in [-0.3, -0.25) is 9.89 Å². The highest BCUT2D eigenvalue weighted by Gasteiger charge is 2.08. The van der Waals surface area contributed by atoms with Crippen LogP contribution in [0.15, 0.2) is 24.3 Å². The highest BCUT2D eigenvalue weighted by molar-refractivity contribution is 5.95. The molecule has 18 heavy (non-hydrogen) atoms. The van der Waals surface area contributed by atoms with Gasteiger partial charge in [-0.1, -0.05) is 12.1 Å². The first kappa shape index (κ1) is 12.3. The van der Waals surface area contributed by atoms with Crippen LogP contribution >= 0.6 is 0 Å².